The van der Waals surface area contributed by atoms with Gasteiger partial charge < -0.3 is 0 Å². The zero-order chi connectivity index (χ0) is 13.7. The van der Waals surface area contributed by atoms with Gasteiger partial charge in [-0.25, -0.2) is 4.39 Å². The van der Waals surface area contributed by atoms with Gasteiger partial charge in [0.2, 0.25) is 0 Å². The fraction of sp³-hybridized carbons (Fsp3) is 0.294. The van der Waals surface area contributed by atoms with Crippen LogP contribution in [0.25, 0.3) is 11.1 Å². The topological polar surface area (TPSA) is 0 Å². The highest BCUT2D eigenvalue weighted by molar-refractivity contribution is 5.68. The largest absolute Gasteiger partial charge is 0.207 e. The zero-order valence-corrected chi connectivity index (χ0v) is 11.8. The number of aryl methyl sites for hydroxylation is 3. The van der Waals surface area contributed by atoms with Gasteiger partial charge in [-0.3, -0.25) is 0 Å². The minimum atomic E-state index is -0.176. The van der Waals surface area contributed by atoms with Crippen LogP contribution in [0.5, 0.6) is 0 Å². The van der Waals surface area contributed by atoms with Gasteiger partial charge in [0.1, 0.15) is 5.82 Å². The van der Waals surface area contributed by atoms with E-state index < -0.39 is 0 Å². The van der Waals surface area contributed by atoms with Gasteiger partial charge in [0.05, 0.1) is 0 Å². The quantitative estimate of drug-likeness (QED) is 0.626. The lowest BCUT2D eigenvalue weighted by Gasteiger charge is -2.08. The summed E-state index contributed by atoms with van der Waals surface area (Å²) in [6.07, 6.45) is 0. The number of halogens is 1. The molecule has 0 aliphatic carbocycles. The lowest BCUT2D eigenvalue weighted by atomic mass is 9.97. The third-order valence-electron chi connectivity index (χ3n) is 3.01. The van der Waals surface area contributed by atoms with E-state index in [-0.39, 0.29) is 5.82 Å². The maximum atomic E-state index is 13.0. The maximum Gasteiger partial charge on any atom is 0.123 e. The molecule has 0 saturated carbocycles. The molecule has 0 aliphatic rings. The van der Waals surface area contributed by atoms with Crippen molar-refractivity contribution in [1.82, 2.24) is 0 Å². The van der Waals surface area contributed by atoms with E-state index in [1.165, 1.54) is 17.2 Å². The molecule has 18 heavy (non-hydrogen) atoms. The summed E-state index contributed by atoms with van der Waals surface area (Å²) in [7, 11) is 0. The second kappa shape index (κ2) is 6.34. The van der Waals surface area contributed by atoms with Crippen LogP contribution < -0.4 is 0 Å². The molecule has 1 heteroatoms. The van der Waals surface area contributed by atoms with E-state index >= 15 is 0 Å². The third-order valence-corrected chi connectivity index (χ3v) is 3.01. The Morgan fingerprint density at radius 2 is 1.39 bits per heavy atom. The molecule has 2 rings (SSSR count). The molecule has 0 saturated heterocycles. The first-order valence-electron chi connectivity index (χ1n) is 6.42. The van der Waals surface area contributed by atoms with Crippen LogP contribution in [0.3, 0.4) is 0 Å². The lowest BCUT2D eigenvalue weighted by Crippen LogP contribution is -1.87. The van der Waals surface area contributed by atoms with E-state index in [1.54, 1.807) is 6.07 Å². The smallest absolute Gasteiger partial charge is 0.123 e. The molecule has 0 fully saturated rings. The van der Waals surface area contributed by atoms with Gasteiger partial charge in [0, 0.05) is 0 Å². The molecule has 0 aromatic heterocycles. The molecular weight excluding hydrogens is 223 g/mol. The highest BCUT2D eigenvalue weighted by Crippen LogP contribution is 2.25. The zero-order valence-electron chi connectivity index (χ0n) is 11.8. The Morgan fingerprint density at radius 3 is 1.94 bits per heavy atom. The third kappa shape index (κ3) is 3.19. The molecule has 0 unspecified atom stereocenters. The summed E-state index contributed by atoms with van der Waals surface area (Å²) >= 11 is 0. The van der Waals surface area contributed by atoms with E-state index in [2.05, 4.69) is 32.0 Å². The summed E-state index contributed by atoms with van der Waals surface area (Å²) in [4.78, 5) is 0. The van der Waals surface area contributed by atoms with Gasteiger partial charge in [-0.05, 0) is 60.7 Å². The van der Waals surface area contributed by atoms with Crippen molar-refractivity contribution >= 4 is 0 Å². The first-order valence-corrected chi connectivity index (χ1v) is 6.42. The van der Waals surface area contributed by atoms with Crippen molar-refractivity contribution in [2.24, 2.45) is 0 Å². The first-order chi connectivity index (χ1) is 8.58. The monoisotopic (exact) mass is 244 g/mol. The molecule has 2 aromatic carbocycles. The van der Waals surface area contributed by atoms with E-state index in [0.29, 0.717) is 0 Å². The Kier molecular flexibility index (Phi) is 5.08. The van der Waals surface area contributed by atoms with Crippen molar-refractivity contribution in [3.05, 3.63) is 58.9 Å². The van der Waals surface area contributed by atoms with Crippen LogP contribution in [-0.4, -0.2) is 0 Å². The van der Waals surface area contributed by atoms with Gasteiger partial charge in [-0.1, -0.05) is 38.1 Å². The molecule has 0 N–H and O–H groups in total. The number of hydrogen-bond acceptors (Lipinski definition) is 0. The predicted octanol–water partition coefficient (Wildman–Crippen LogP) is 5.44. The molecule has 0 amide bonds. The molecule has 0 aliphatic heterocycles. The van der Waals surface area contributed by atoms with Crippen molar-refractivity contribution in [2.75, 3.05) is 0 Å². The second-order valence-electron chi connectivity index (χ2n) is 4.26. The van der Waals surface area contributed by atoms with Crippen LogP contribution in [-0.2, 0) is 0 Å². The Labute approximate surface area is 109 Å². The van der Waals surface area contributed by atoms with E-state index in [9.17, 15) is 4.39 Å². The molecule has 0 atom stereocenters. The van der Waals surface area contributed by atoms with Crippen LogP contribution in [0.15, 0.2) is 36.4 Å². The first kappa shape index (κ1) is 14.4. The van der Waals surface area contributed by atoms with Crippen LogP contribution in [0, 0.1) is 26.6 Å². The highest BCUT2D eigenvalue weighted by Gasteiger charge is 2.04. The van der Waals surface area contributed by atoms with Crippen LogP contribution in [0.1, 0.15) is 30.5 Å². The molecule has 0 nitrogen and oxygen atoms in total. The molecule has 0 bridgehead atoms. The van der Waals surface area contributed by atoms with Gasteiger partial charge in [0.15, 0.2) is 0 Å². The molecule has 2 aromatic rings. The molecule has 0 radical (unpaired) electrons. The minimum Gasteiger partial charge on any atom is -0.207 e. The van der Waals surface area contributed by atoms with Gasteiger partial charge in [0.25, 0.3) is 0 Å². The SMILES string of the molecule is CC.Cc1ccc(-c2ccc(F)cc2C)cc1C. The second-order valence-corrected chi connectivity index (χ2v) is 4.26. The summed E-state index contributed by atoms with van der Waals surface area (Å²) in [5.41, 5.74) is 5.78. The number of hydrogen-bond donors (Lipinski definition) is 0. The van der Waals surface area contributed by atoms with Gasteiger partial charge in [-0.2, -0.15) is 0 Å². The summed E-state index contributed by atoms with van der Waals surface area (Å²) in [5.74, 6) is -0.176. The van der Waals surface area contributed by atoms with Crippen molar-refractivity contribution in [3.63, 3.8) is 0 Å². The average Bonchev–Trinajstić information content (AvgIpc) is 2.35. The molecular formula is C17H21F. The lowest BCUT2D eigenvalue weighted by molar-refractivity contribution is 0.627. The molecule has 0 heterocycles. The molecule has 0 spiro atoms. The Morgan fingerprint density at radius 1 is 0.722 bits per heavy atom. The number of benzene rings is 2. The highest BCUT2D eigenvalue weighted by atomic mass is 19.1. The average molecular weight is 244 g/mol. The van der Waals surface area contributed by atoms with Crippen molar-refractivity contribution in [3.8, 4) is 11.1 Å². The molecule has 96 valence electrons. The Balaban J connectivity index is 0.000000771. The summed E-state index contributed by atoms with van der Waals surface area (Å²) < 4.78 is 13.0. The van der Waals surface area contributed by atoms with E-state index in [4.69, 9.17) is 0 Å². The Hall–Kier alpha value is -1.63. The fourth-order valence-corrected chi connectivity index (χ4v) is 1.86. The van der Waals surface area contributed by atoms with E-state index in [1.807, 2.05) is 26.8 Å². The van der Waals surface area contributed by atoms with Gasteiger partial charge in [-0.15, -0.1) is 0 Å². The maximum absolute atomic E-state index is 13.0. The standard InChI is InChI=1S/C15H15F.C2H6/c1-10-4-5-13(8-11(10)2)15-7-6-14(16)9-12(15)3;1-2/h4-9H,1-3H3;1-2H3. The van der Waals surface area contributed by atoms with Crippen LogP contribution in [0.2, 0.25) is 0 Å². The number of rotatable bonds is 1. The van der Waals surface area contributed by atoms with Crippen molar-refractivity contribution < 1.29 is 4.39 Å². The Bertz CT molecular complexity index is 527. The van der Waals surface area contributed by atoms with E-state index in [0.717, 1.165) is 16.7 Å². The summed E-state index contributed by atoms with van der Waals surface area (Å²) in [6.45, 7) is 10.1. The normalized spacial score (nSPS) is 9.67. The fourth-order valence-electron chi connectivity index (χ4n) is 1.86. The van der Waals surface area contributed by atoms with Crippen LogP contribution >= 0.6 is 0 Å². The minimum absolute atomic E-state index is 0.176. The predicted molar refractivity (Wildman–Crippen MR) is 77.4 cm³/mol. The van der Waals surface area contributed by atoms with Gasteiger partial charge >= 0.3 is 0 Å². The van der Waals surface area contributed by atoms with Crippen molar-refractivity contribution in [2.45, 2.75) is 34.6 Å². The van der Waals surface area contributed by atoms with Crippen LogP contribution in [0.4, 0.5) is 4.39 Å². The van der Waals surface area contributed by atoms with Crippen molar-refractivity contribution in [1.29, 1.82) is 0 Å². The summed E-state index contributed by atoms with van der Waals surface area (Å²) in [5, 5.41) is 0. The summed E-state index contributed by atoms with van der Waals surface area (Å²) in [6, 6.07) is 11.3.